The summed E-state index contributed by atoms with van der Waals surface area (Å²) >= 11 is 0. The van der Waals surface area contributed by atoms with Crippen LogP contribution >= 0.6 is 0 Å². The van der Waals surface area contributed by atoms with Crippen LogP contribution in [0.5, 0.6) is 0 Å². The van der Waals surface area contributed by atoms with Crippen molar-refractivity contribution in [2.24, 2.45) is 5.41 Å². The molecule has 0 aromatic heterocycles. The molecule has 0 radical (unpaired) electrons. The van der Waals surface area contributed by atoms with E-state index in [1.807, 2.05) is 121 Å². The molecule has 0 amide bonds. The number of ether oxygens (including phenoxy) is 8. The molecule has 2 saturated heterocycles. The Hall–Kier alpha value is -4.05. The van der Waals surface area contributed by atoms with Crippen molar-refractivity contribution >= 4 is 5.97 Å². The fourth-order valence-corrected chi connectivity index (χ4v) is 6.68. The first-order valence-electron chi connectivity index (χ1n) is 19.3. The van der Waals surface area contributed by atoms with E-state index in [1.54, 1.807) is 20.8 Å². The van der Waals surface area contributed by atoms with E-state index >= 15 is 0 Å². The van der Waals surface area contributed by atoms with Crippen LogP contribution in [0.3, 0.4) is 0 Å². The molecule has 2 heterocycles. The second-order valence-electron chi connectivity index (χ2n) is 15.3. The Morgan fingerprint density at radius 3 is 1.42 bits per heavy atom. The molecule has 10 atom stereocenters. The Morgan fingerprint density at radius 2 is 0.982 bits per heavy atom. The van der Waals surface area contributed by atoms with Crippen molar-refractivity contribution in [3.8, 4) is 0 Å². The van der Waals surface area contributed by atoms with Crippen LogP contribution in [0.25, 0.3) is 0 Å². The van der Waals surface area contributed by atoms with Gasteiger partial charge in [-0.1, -0.05) is 121 Å². The van der Waals surface area contributed by atoms with E-state index in [-0.39, 0.29) is 33.0 Å². The van der Waals surface area contributed by atoms with E-state index in [4.69, 9.17) is 37.9 Å². The van der Waals surface area contributed by atoms with Crippen molar-refractivity contribution in [2.75, 3.05) is 13.2 Å². The van der Waals surface area contributed by atoms with E-state index in [9.17, 15) is 20.1 Å². The van der Waals surface area contributed by atoms with Crippen LogP contribution in [0.1, 0.15) is 43.0 Å². The Kier molecular flexibility index (Phi) is 15.4. The molecule has 12 heteroatoms. The molecule has 6 rings (SSSR count). The van der Waals surface area contributed by atoms with Crippen LogP contribution < -0.4 is 0 Å². The minimum atomic E-state index is -1.51. The largest absolute Gasteiger partial charge is 0.462 e. The van der Waals surface area contributed by atoms with Gasteiger partial charge < -0.3 is 53.2 Å². The van der Waals surface area contributed by atoms with E-state index in [0.717, 1.165) is 22.3 Å². The van der Waals surface area contributed by atoms with Gasteiger partial charge in [0.1, 0.15) is 55.4 Å². The Labute approximate surface area is 334 Å². The number of aliphatic hydroxyl groups excluding tert-OH is 3. The van der Waals surface area contributed by atoms with Crippen LogP contribution in [0, 0.1) is 5.41 Å². The first-order chi connectivity index (χ1) is 27.6. The van der Waals surface area contributed by atoms with Crippen LogP contribution in [0.4, 0.5) is 0 Å². The molecule has 0 saturated carbocycles. The third-order valence-electron chi connectivity index (χ3n) is 9.83. The lowest BCUT2D eigenvalue weighted by Gasteiger charge is -2.48. The van der Waals surface area contributed by atoms with Crippen LogP contribution in [-0.2, 0) is 69.1 Å². The molecule has 306 valence electrons. The molecule has 0 unspecified atom stereocenters. The summed E-state index contributed by atoms with van der Waals surface area (Å²) in [5.74, 6) is -0.487. The summed E-state index contributed by atoms with van der Waals surface area (Å²) in [7, 11) is 0. The number of hydrogen-bond acceptors (Lipinski definition) is 12. The standard InChI is InChI=1S/C45H54O12/c1-45(2,3)44(49)54-29-35-37(39(51-26-31-18-10-5-11-19-31)40(42(48)55-35)52-27-32-20-12-6-13-21-32)57-43-41(53-28-33-22-14-7-15-23-33)38(36(47)34(24-46)56-43)50-25-30-16-8-4-9-17-30/h4-23,34-43,46-48H,24-29H2,1-3H3/t34-,35-,36-,37-,38+,39+,40+,41+,42-,43+/m1/s1. The molecule has 3 N–H and O–H groups in total. The Bertz CT molecular complexity index is 1760. The minimum absolute atomic E-state index is 0.109. The quantitative estimate of drug-likeness (QED) is 0.122. The topological polar surface area (TPSA) is 152 Å². The van der Waals surface area contributed by atoms with Crippen molar-refractivity contribution in [2.45, 2.75) is 109 Å². The number of carbonyl (C=O) groups is 1. The van der Waals surface area contributed by atoms with Gasteiger partial charge in [-0.3, -0.25) is 4.79 Å². The SMILES string of the molecule is CC(C)(C)C(=O)OC[C@H]1O[C@@H](O)[C@@H](OCc2ccccc2)[C@@H](OCc2ccccc2)[C@@H]1O[C@@H]1O[C@H](CO)[C@@H](O)[C@H](OCc2ccccc2)[C@@H]1OCc1ccccc1. The maximum Gasteiger partial charge on any atom is 0.311 e. The number of hydrogen-bond donors (Lipinski definition) is 3. The lowest BCUT2D eigenvalue weighted by atomic mass is 9.95. The predicted molar refractivity (Wildman–Crippen MR) is 208 cm³/mol. The van der Waals surface area contributed by atoms with Crippen molar-refractivity contribution in [1.82, 2.24) is 0 Å². The highest BCUT2D eigenvalue weighted by Gasteiger charge is 2.53. The second kappa shape index (κ2) is 20.6. The zero-order chi connectivity index (χ0) is 40.2. The molecule has 12 nitrogen and oxygen atoms in total. The third kappa shape index (κ3) is 11.8. The summed E-state index contributed by atoms with van der Waals surface area (Å²) in [6.45, 7) is 4.80. The number of benzene rings is 4. The molecule has 2 fully saturated rings. The maximum absolute atomic E-state index is 13.1. The molecular weight excluding hydrogens is 732 g/mol. The summed E-state index contributed by atoms with van der Waals surface area (Å²) in [4.78, 5) is 13.1. The monoisotopic (exact) mass is 786 g/mol. The second-order valence-corrected chi connectivity index (χ2v) is 15.3. The number of esters is 1. The average Bonchev–Trinajstić information content (AvgIpc) is 3.23. The molecule has 0 bridgehead atoms. The highest BCUT2D eigenvalue weighted by molar-refractivity contribution is 5.75. The van der Waals surface area contributed by atoms with Gasteiger partial charge in [0, 0.05) is 0 Å². The zero-order valence-corrected chi connectivity index (χ0v) is 32.6. The van der Waals surface area contributed by atoms with Gasteiger partial charge in [0.25, 0.3) is 0 Å². The van der Waals surface area contributed by atoms with Gasteiger partial charge in [0.15, 0.2) is 12.6 Å². The normalized spacial score (nSPS) is 27.8. The van der Waals surface area contributed by atoms with Crippen molar-refractivity contribution in [3.05, 3.63) is 144 Å². The van der Waals surface area contributed by atoms with E-state index in [1.165, 1.54) is 0 Å². The van der Waals surface area contributed by atoms with Gasteiger partial charge in [0.05, 0.1) is 38.4 Å². The predicted octanol–water partition coefficient (Wildman–Crippen LogP) is 5.10. The summed E-state index contributed by atoms with van der Waals surface area (Å²) in [6.07, 6.45) is -11.7. The average molecular weight is 787 g/mol. The smallest absolute Gasteiger partial charge is 0.311 e. The van der Waals surface area contributed by atoms with Crippen LogP contribution in [-0.4, -0.2) is 95.9 Å². The van der Waals surface area contributed by atoms with E-state index in [0.29, 0.717) is 0 Å². The molecule has 0 spiro atoms. The first-order valence-corrected chi connectivity index (χ1v) is 19.3. The minimum Gasteiger partial charge on any atom is -0.462 e. The fourth-order valence-electron chi connectivity index (χ4n) is 6.68. The first kappa shape index (κ1) is 42.6. The van der Waals surface area contributed by atoms with Crippen LogP contribution in [0.2, 0.25) is 0 Å². The highest BCUT2D eigenvalue weighted by Crippen LogP contribution is 2.35. The van der Waals surface area contributed by atoms with Crippen molar-refractivity contribution < 1.29 is 58.0 Å². The molecule has 2 aliphatic rings. The van der Waals surface area contributed by atoms with Crippen molar-refractivity contribution in [1.29, 1.82) is 0 Å². The van der Waals surface area contributed by atoms with Gasteiger partial charge in [-0.15, -0.1) is 0 Å². The van der Waals surface area contributed by atoms with Gasteiger partial charge >= 0.3 is 5.97 Å². The lowest BCUT2D eigenvalue weighted by molar-refractivity contribution is -0.370. The molecule has 4 aromatic carbocycles. The van der Waals surface area contributed by atoms with Gasteiger partial charge in [0.2, 0.25) is 0 Å². The highest BCUT2D eigenvalue weighted by atomic mass is 16.7. The number of rotatable bonds is 17. The summed E-state index contributed by atoms with van der Waals surface area (Å²) < 4.78 is 51.0. The molecule has 4 aromatic rings. The summed E-state index contributed by atoms with van der Waals surface area (Å²) in [6, 6.07) is 38.0. The van der Waals surface area contributed by atoms with E-state index < -0.39 is 79.4 Å². The van der Waals surface area contributed by atoms with Gasteiger partial charge in [-0.25, -0.2) is 0 Å². The van der Waals surface area contributed by atoms with Crippen molar-refractivity contribution in [3.63, 3.8) is 0 Å². The van der Waals surface area contributed by atoms with Gasteiger partial charge in [-0.05, 0) is 43.0 Å². The molecule has 2 aliphatic heterocycles. The maximum atomic E-state index is 13.1. The lowest BCUT2D eigenvalue weighted by Crippen LogP contribution is -2.66. The number of aliphatic hydroxyl groups is 3. The Balaban J connectivity index is 1.36. The summed E-state index contributed by atoms with van der Waals surface area (Å²) in [5, 5.41) is 33.6. The fraction of sp³-hybridized carbons (Fsp3) is 0.444. The van der Waals surface area contributed by atoms with E-state index in [2.05, 4.69) is 0 Å². The Morgan fingerprint density at radius 1 is 0.561 bits per heavy atom. The summed E-state index contributed by atoms with van der Waals surface area (Å²) in [5.41, 5.74) is 2.59. The number of carbonyl (C=O) groups excluding carboxylic acids is 1. The third-order valence-corrected chi connectivity index (χ3v) is 9.83. The molecular formula is C45H54O12. The van der Waals surface area contributed by atoms with Crippen LogP contribution in [0.15, 0.2) is 121 Å². The molecule has 57 heavy (non-hydrogen) atoms. The molecule has 0 aliphatic carbocycles. The van der Waals surface area contributed by atoms with Gasteiger partial charge in [-0.2, -0.15) is 0 Å². The zero-order valence-electron chi connectivity index (χ0n) is 32.6.